The van der Waals surface area contributed by atoms with E-state index in [1.807, 2.05) is 0 Å². The van der Waals surface area contributed by atoms with E-state index in [1.54, 1.807) is 0 Å². The third kappa shape index (κ3) is 1.88. The quantitative estimate of drug-likeness (QED) is 0.725. The lowest BCUT2D eigenvalue weighted by atomic mass is 9.96. The Morgan fingerprint density at radius 1 is 1.27 bits per heavy atom. The number of hydrogen-bond donors (Lipinski definition) is 0. The van der Waals surface area contributed by atoms with Gasteiger partial charge in [-0.15, -0.1) is 0 Å². The highest BCUT2D eigenvalue weighted by Gasteiger charge is 2.30. The van der Waals surface area contributed by atoms with Crippen LogP contribution in [0.5, 0.6) is 0 Å². The zero-order chi connectivity index (χ0) is 10.9. The summed E-state index contributed by atoms with van der Waals surface area (Å²) in [6, 6.07) is 8.82. The van der Waals surface area contributed by atoms with Crippen LogP contribution in [0.3, 0.4) is 0 Å². The molecule has 1 nitrogen and oxygen atoms in total. The van der Waals surface area contributed by atoms with Crippen molar-refractivity contribution in [2.75, 3.05) is 11.4 Å². The van der Waals surface area contributed by atoms with Crippen molar-refractivity contribution in [3.8, 4) is 0 Å². The lowest BCUT2D eigenvalue weighted by molar-refractivity contribution is 0.431. The largest absolute Gasteiger partial charge is 0.366 e. The average Bonchev–Trinajstić information content (AvgIpc) is 2.61. The first-order chi connectivity index (χ1) is 7.15. The molecule has 2 rings (SSSR count). The fourth-order valence-electron chi connectivity index (χ4n) is 2.71. The predicted molar refractivity (Wildman–Crippen MR) is 66.5 cm³/mol. The Morgan fingerprint density at radius 3 is 2.73 bits per heavy atom. The molecule has 0 bridgehead atoms. The number of rotatable bonds is 3. The van der Waals surface area contributed by atoms with Crippen LogP contribution in [0.15, 0.2) is 24.3 Å². The Kier molecular flexibility index (Phi) is 2.72. The lowest BCUT2D eigenvalue weighted by Gasteiger charge is -2.38. The van der Waals surface area contributed by atoms with E-state index < -0.39 is 0 Å². The van der Waals surface area contributed by atoms with E-state index >= 15 is 0 Å². The van der Waals surface area contributed by atoms with Gasteiger partial charge in [-0.2, -0.15) is 0 Å². The van der Waals surface area contributed by atoms with Gasteiger partial charge < -0.3 is 4.90 Å². The molecule has 0 aromatic heterocycles. The van der Waals surface area contributed by atoms with E-state index in [2.05, 4.69) is 49.9 Å². The molecule has 0 atom stereocenters. The summed E-state index contributed by atoms with van der Waals surface area (Å²) >= 11 is 0. The zero-order valence-electron chi connectivity index (χ0n) is 10.1. The van der Waals surface area contributed by atoms with Gasteiger partial charge in [0.05, 0.1) is 0 Å². The smallest absolute Gasteiger partial charge is 0.0403 e. The van der Waals surface area contributed by atoms with Crippen molar-refractivity contribution >= 4 is 5.69 Å². The maximum absolute atomic E-state index is 2.58. The van der Waals surface area contributed by atoms with Gasteiger partial charge >= 0.3 is 0 Å². The molecule has 0 spiro atoms. The van der Waals surface area contributed by atoms with E-state index in [0.29, 0.717) is 5.54 Å². The molecule has 15 heavy (non-hydrogen) atoms. The maximum Gasteiger partial charge on any atom is 0.0403 e. The molecule has 1 heteroatoms. The molecule has 1 aromatic carbocycles. The summed E-state index contributed by atoms with van der Waals surface area (Å²) in [6.07, 6.45) is 3.73. The van der Waals surface area contributed by atoms with Crippen molar-refractivity contribution in [1.82, 2.24) is 0 Å². The number of para-hydroxylation sites is 1. The molecule has 0 N–H and O–H groups in total. The molecule has 0 radical (unpaired) electrons. The molecule has 1 aromatic rings. The summed E-state index contributed by atoms with van der Waals surface area (Å²) in [6.45, 7) is 8.17. The second-order valence-electron chi connectivity index (χ2n) is 5.09. The Labute approximate surface area is 93.1 Å². The van der Waals surface area contributed by atoms with Gasteiger partial charge in [0.25, 0.3) is 0 Å². The van der Waals surface area contributed by atoms with Crippen LogP contribution >= 0.6 is 0 Å². The first-order valence-electron chi connectivity index (χ1n) is 6.01. The normalized spacial score (nSPS) is 15.5. The van der Waals surface area contributed by atoms with Crippen LogP contribution in [-0.4, -0.2) is 12.1 Å². The second-order valence-corrected chi connectivity index (χ2v) is 5.09. The standard InChI is InChI=1S/C14H21N/c1-4-10-14(2,3)15-11-9-12-7-5-6-8-13(12)15/h5-8H,4,9-11H2,1-3H3. The number of benzene rings is 1. The molecule has 0 amide bonds. The molecule has 0 unspecified atom stereocenters. The van der Waals surface area contributed by atoms with E-state index in [0.717, 1.165) is 0 Å². The lowest BCUT2D eigenvalue weighted by Crippen LogP contribution is -2.42. The van der Waals surface area contributed by atoms with Crippen molar-refractivity contribution in [2.24, 2.45) is 0 Å². The van der Waals surface area contributed by atoms with Crippen molar-refractivity contribution in [2.45, 2.75) is 45.6 Å². The molecule has 1 aliphatic heterocycles. The molecule has 1 heterocycles. The topological polar surface area (TPSA) is 3.24 Å². The van der Waals surface area contributed by atoms with E-state index in [-0.39, 0.29) is 0 Å². The van der Waals surface area contributed by atoms with Crippen molar-refractivity contribution in [3.05, 3.63) is 29.8 Å². The molecule has 0 aliphatic carbocycles. The molecule has 0 saturated heterocycles. The number of hydrogen-bond acceptors (Lipinski definition) is 1. The minimum absolute atomic E-state index is 0.307. The van der Waals surface area contributed by atoms with Crippen LogP contribution in [0.1, 0.15) is 39.2 Å². The van der Waals surface area contributed by atoms with Gasteiger partial charge in [-0.1, -0.05) is 31.5 Å². The zero-order valence-corrected chi connectivity index (χ0v) is 10.1. The van der Waals surface area contributed by atoms with Crippen LogP contribution in [0.2, 0.25) is 0 Å². The first kappa shape index (κ1) is 10.5. The minimum Gasteiger partial charge on any atom is -0.366 e. The molecular formula is C14H21N. The fourth-order valence-corrected chi connectivity index (χ4v) is 2.71. The van der Waals surface area contributed by atoms with Gasteiger partial charge in [0.1, 0.15) is 0 Å². The van der Waals surface area contributed by atoms with E-state index in [1.165, 1.54) is 37.1 Å². The monoisotopic (exact) mass is 203 g/mol. The number of nitrogens with zero attached hydrogens (tertiary/aromatic N) is 1. The highest BCUT2D eigenvalue weighted by molar-refractivity contribution is 5.59. The SMILES string of the molecule is CCCC(C)(C)N1CCc2ccccc21. The van der Waals surface area contributed by atoms with Crippen LogP contribution in [0.4, 0.5) is 5.69 Å². The van der Waals surface area contributed by atoms with Gasteiger partial charge in [-0.25, -0.2) is 0 Å². The van der Waals surface area contributed by atoms with Gasteiger partial charge in [-0.05, 0) is 38.3 Å². The Bertz CT molecular complexity index is 341. The van der Waals surface area contributed by atoms with Gasteiger partial charge in [-0.3, -0.25) is 0 Å². The minimum atomic E-state index is 0.307. The van der Waals surface area contributed by atoms with Gasteiger partial charge in [0, 0.05) is 17.8 Å². The fraction of sp³-hybridized carbons (Fsp3) is 0.571. The van der Waals surface area contributed by atoms with E-state index in [4.69, 9.17) is 0 Å². The molecule has 82 valence electrons. The second kappa shape index (κ2) is 3.88. The predicted octanol–water partition coefficient (Wildman–Crippen LogP) is 3.63. The Morgan fingerprint density at radius 2 is 2.00 bits per heavy atom. The van der Waals surface area contributed by atoms with Gasteiger partial charge in [0.2, 0.25) is 0 Å². The Hall–Kier alpha value is -0.980. The highest BCUT2D eigenvalue weighted by Crippen LogP contribution is 2.35. The first-order valence-corrected chi connectivity index (χ1v) is 6.01. The molecule has 1 aliphatic rings. The van der Waals surface area contributed by atoms with Crippen LogP contribution in [0.25, 0.3) is 0 Å². The molecule has 0 saturated carbocycles. The maximum atomic E-state index is 2.58. The summed E-state index contributed by atoms with van der Waals surface area (Å²) in [5.41, 5.74) is 3.28. The Balaban J connectivity index is 2.27. The summed E-state index contributed by atoms with van der Waals surface area (Å²) < 4.78 is 0. The van der Waals surface area contributed by atoms with Gasteiger partial charge in [0.15, 0.2) is 0 Å². The van der Waals surface area contributed by atoms with Crippen LogP contribution in [0, 0.1) is 0 Å². The molecule has 0 fully saturated rings. The summed E-state index contributed by atoms with van der Waals surface area (Å²) in [5, 5.41) is 0. The third-order valence-electron chi connectivity index (χ3n) is 3.48. The number of fused-ring (bicyclic) bond motifs is 1. The third-order valence-corrected chi connectivity index (χ3v) is 3.48. The van der Waals surface area contributed by atoms with Crippen molar-refractivity contribution in [1.29, 1.82) is 0 Å². The van der Waals surface area contributed by atoms with Crippen LogP contribution < -0.4 is 4.90 Å². The van der Waals surface area contributed by atoms with Crippen molar-refractivity contribution < 1.29 is 0 Å². The van der Waals surface area contributed by atoms with Crippen molar-refractivity contribution in [3.63, 3.8) is 0 Å². The summed E-state index contributed by atoms with van der Waals surface area (Å²) in [4.78, 5) is 2.58. The molecular weight excluding hydrogens is 182 g/mol. The van der Waals surface area contributed by atoms with Crippen LogP contribution in [-0.2, 0) is 6.42 Å². The summed E-state index contributed by atoms with van der Waals surface area (Å²) in [5.74, 6) is 0. The average molecular weight is 203 g/mol. The van der Waals surface area contributed by atoms with E-state index in [9.17, 15) is 0 Å². The number of anilines is 1. The summed E-state index contributed by atoms with van der Waals surface area (Å²) in [7, 11) is 0. The highest BCUT2D eigenvalue weighted by atomic mass is 15.2.